The Morgan fingerprint density at radius 2 is 1.76 bits per heavy atom. The number of nitro groups is 1. The predicted octanol–water partition coefficient (Wildman–Crippen LogP) is 5.29. The van der Waals surface area contributed by atoms with E-state index in [1.54, 1.807) is 79.1 Å². The predicted molar refractivity (Wildman–Crippen MR) is 139 cm³/mol. The summed E-state index contributed by atoms with van der Waals surface area (Å²) in [5, 5.41) is 14.1. The van der Waals surface area contributed by atoms with Gasteiger partial charge < -0.3 is 15.8 Å². The summed E-state index contributed by atoms with van der Waals surface area (Å²) in [6.45, 7) is 1.59. The smallest absolute Gasteiger partial charge is 0.338 e. The van der Waals surface area contributed by atoms with Crippen LogP contribution in [0.3, 0.4) is 0 Å². The maximum absolute atomic E-state index is 12.9. The lowest BCUT2D eigenvalue weighted by Gasteiger charge is -2.16. The molecular weight excluding hydrogens is 472 g/mol. The van der Waals surface area contributed by atoms with Crippen LogP contribution in [0.15, 0.2) is 91.3 Å². The summed E-state index contributed by atoms with van der Waals surface area (Å²) in [5.41, 5.74) is 9.83. The normalized spacial score (nSPS) is 11.4. The second kappa shape index (κ2) is 11.2. The molecule has 186 valence electrons. The fourth-order valence-electron chi connectivity index (χ4n) is 3.83. The average molecular weight is 497 g/mol. The minimum Gasteiger partial charge on any atom is -0.457 e. The standard InChI is InChI=1S/C28H24N4O5/c1-18(29)24-10-9-20(27(33)31-23-11-13-30-14-12-23)16-25(24)19-6-4-7-21(15-19)28(34)37-17-22-5-2-3-8-26(22)32(35)36/h2-16,18H,17,29H2,1H3,(H,30,31,33). The highest BCUT2D eigenvalue weighted by Gasteiger charge is 2.18. The number of hydrogen-bond acceptors (Lipinski definition) is 7. The van der Waals surface area contributed by atoms with Gasteiger partial charge in [0.25, 0.3) is 11.6 Å². The second-order valence-corrected chi connectivity index (χ2v) is 8.32. The Labute approximate surface area is 213 Å². The molecule has 1 heterocycles. The third-order valence-electron chi connectivity index (χ3n) is 5.70. The van der Waals surface area contributed by atoms with Crippen LogP contribution < -0.4 is 11.1 Å². The van der Waals surface area contributed by atoms with Crippen LogP contribution in [0.25, 0.3) is 11.1 Å². The zero-order chi connectivity index (χ0) is 26.4. The van der Waals surface area contributed by atoms with Gasteiger partial charge in [-0.3, -0.25) is 19.9 Å². The van der Waals surface area contributed by atoms with Crippen molar-refractivity contribution in [1.82, 2.24) is 4.98 Å². The number of rotatable bonds is 8. The molecule has 0 saturated carbocycles. The van der Waals surface area contributed by atoms with Crippen LogP contribution in [0.4, 0.5) is 11.4 Å². The van der Waals surface area contributed by atoms with E-state index in [1.165, 1.54) is 6.07 Å². The Hall–Kier alpha value is -4.89. The highest BCUT2D eigenvalue weighted by atomic mass is 16.6. The van der Waals surface area contributed by atoms with Crippen molar-refractivity contribution in [2.75, 3.05) is 5.32 Å². The van der Waals surface area contributed by atoms with Gasteiger partial charge in [-0.1, -0.05) is 30.3 Å². The summed E-state index contributed by atoms with van der Waals surface area (Å²) in [6, 6.07) is 21.1. The third-order valence-corrected chi connectivity index (χ3v) is 5.70. The first-order valence-electron chi connectivity index (χ1n) is 11.4. The van der Waals surface area contributed by atoms with Crippen molar-refractivity contribution in [1.29, 1.82) is 0 Å². The van der Waals surface area contributed by atoms with Gasteiger partial charge in [0.1, 0.15) is 6.61 Å². The van der Waals surface area contributed by atoms with Crippen LogP contribution in [0.2, 0.25) is 0 Å². The number of carbonyl (C=O) groups excluding carboxylic acids is 2. The number of nitrogens with zero attached hydrogens (tertiary/aromatic N) is 2. The van der Waals surface area contributed by atoms with Gasteiger partial charge in [-0.05, 0) is 66.1 Å². The second-order valence-electron chi connectivity index (χ2n) is 8.32. The summed E-state index contributed by atoms with van der Waals surface area (Å²) in [7, 11) is 0. The van der Waals surface area contributed by atoms with Crippen LogP contribution in [0.1, 0.15) is 44.8 Å². The Balaban J connectivity index is 1.59. The average Bonchev–Trinajstić information content (AvgIpc) is 2.92. The maximum atomic E-state index is 12.9. The molecule has 1 atom stereocenters. The lowest BCUT2D eigenvalue weighted by atomic mass is 9.92. The summed E-state index contributed by atoms with van der Waals surface area (Å²) in [5.74, 6) is -0.933. The molecule has 3 N–H and O–H groups in total. The Morgan fingerprint density at radius 1 is 1.00 bits per heavy atom. The topological polar surface area (TPSA) is 137 Å². The van der Waals surface area contributed by atoms with E-state index in [-0.39, 0.29) is 29.8 Å². The Morgan fingerprint density at radius 3 is 2.49 bits per heavy atom. The highest BCUT2D eigenvalue weighted by molar-refractivity contribution is 6.05. The number of para-hydroxylation sites is 1. The Kier molecular flexibility index (Phi) is 7.65. The largest absolute Gasteiger partial charge is 0.457 e. The van der Waals surface area contributed by atoms with E-state index >= 15 is 0 Å². The van der Waals surface area contributed by atoms with E-state index in [1.807, 2.05) is 13.0 Å². The van der Waals surface area contributed by atoms with Crippen molar-refractivity contribution in [2.45, 2.75) is 19.6 Å². The fourth-order valence-corrected chi connectivity index (χ4v) is 3.83. The van der Waals surface area contributed by atoms with Gasteiger partial charge in [0.05, 0.1) is 16.1 Å². The zero-order valence-corrected chi connectivity index (χ0v) is 20.0. The molecule has 1 unspecified atom stereocenters. The summed E-state index contributed by atoms with van der Waals surface area (Å²) < 4.78 is 5.36. The molecule has 0 saturated heterocycles. The minimum atomic E-state index is -0.631. The van der Waals surface area contributed by atoms with Crippen LogP contribution in [-0.4, -0.2) is 21.8 Å². The van der Waals surface area contributed by atoms with Crippen LogP contribution in [0.5, 0.6) is 0 Å². The summed E-state index contributed by atoms with van der Waals surface area (Å²) >= 11 is 0. The highest BCUT2D eigenvalue weighted by Crippen LogP contribution is 2.30. The van der Waals surface area contributed by atoms with Crippen LogP contribution >= 0.6 is 0 Å². The number of nitro benzene ring substituents is 1. The molecule has 1 amide bonds. The van der Waals surface area contributed by atoms with Gasteiger partial charge in [-0.2, -0.15) is 0 Å². The molecule has 0 fully saturated rings. The van der Waals surface area contributed by atoms with E-state index in [0.29, 0.717) is 27.9 Å². The molecule has 0 bridgehead atoms. The van der Waals surface area contributed by atoms with Crippen molar-refractivity contribution >= 4 is 23.3 Å². The molecule has 1 aromatic heterocycles. The molecule has 9 nitrogen and oxygen atoms in total. The maximum Gasteiger partial charge on any atom is 0.338 e. The Bertz CT molecular complexity index is 1450. The summed E-state index contributed by atoms with van der Waals surface area (Å²) in [4.78, 5) is 40.3. The van der Waals surface area contributed by atoms with Gasteiger partial charge in [0, 0.05) is 35.8 Å². The van der Waals surface area contributed by atoms with Crippen LogP contribution in [0, 0.1) is 10.1 Å². The van der Waals surface area contributed by atoms with Crippen LogP contribution in [-0.2, 0) is 11.3 Å². The number of ether oxygens (including phenoxy) is 1. The number of hydrogen-bond donors (Lipinski definition) is 2. The number of nitrogens with two attached hydrogens (primary N) is 1. The van der Waals surface area contributed by atoms with Gasteiger partial charge in [0.2, 0.25) is 0 Å². The third kappa shape index (κ3) is 6.03. The van der Waals surface area contributed by atoms with Gasteiger partial charge in [-0.15, -0.1) is 0 Å². The first-order valence-corrected chi connectivity index (χ1v) is 11.4. The monoisotopic (exact) mass is 496 g/mol. The number of pyridine rings is 1. The molecule has 9 heteroatoms. The van der Waals surface area contributed by atoms with E-state index in [0.717, 1.165) is 5.56 Å². The van der Waals surface area contributed by atoms with Crippen molar-refractivity contribution in [3.63, 3.8) is 0 Å². The SMILES string of the molecule is CC(N)c1ccc(C(=O)Nc2ccncc2)cc1-c1cccc(C(=O)OCc2ccccc2[N+](=O)[O-])c1. The quantitative estimate of drug-likeness (QED) is 0.192. The van der Waals surface area contributed by atoms with Gasteiger partial charge in [-0.25, -0.2) is 4.79 Å². The van der Waals surface area contributed by atoms with E-state index in [2.05, 4.69) is 10.3 Å². The molecule has 0 aliphatic heterocycles. The molecule has 3 aromatic carbocycles. The number of nitrogens with one attached hydrogen (secondary N) is 1. The number of benzene rings is 3. The molecule has 0 aliphatic rings. The molecule has 0 spiro atoms. The van der Waals surface area contributed by atoms with Gasteiger partial charge >= 0.3 is 5.97 Å². The number of aromatic nitrogens is 1. The lowest BCUT2D eigenvalue weighted by molar-refractivity contribution is -0.385. The molecule has 4 rings (SSSR count). The molecule has 37 heavy (non-hydrogen) atoms. The van der Waals surface area contributed by atoms with Crippen molar-refractivity contribution in [2.24, 2.45) is 5.73 Å². The molecule has 0 aliphatic carbocycles. The number of amides is 1. The van der Waals surface area contributed by atoms with Crippen molar-refractivity contribution in [3.05, 3.63) is 124 Å². The fraction of sp³-hybridized carbons (Fsp3) is 0.107. The number of anilines is 1. The first kappa shape index (κ1) is 25.2. The van der Waals surface area contributed by atoms with E-state index in [9.17, 15) is 19.7 Å². The zero-order valence-electron chi connectivity index (χ0n) is 20.0. The van der Waals surface area contributed by atoms with Crippen molar-refractivity contribution in [3.8, 4) is 11.1 Å². The van der Waals surface area contributed by atoms with E-state index in [4.69, 9.17) is 10.5 Å². The lowest BCUT2D eigenvalue weighted by Crippen LogP contribution is -2.14. The van der Waals surface area contributed by atoms with Gasteiger partial charge in [0.15, 0.2) is 0 Å². The molecular formula is C28H24N4O5. The minimum absolute atomic E-state index is 0.118. The molecule has 4 aromatic rings. The number of esters is 1. The molecule has 0 radical (unpaired) electrons. The summed E-state index contributed by atoms with van der Waals surface area (Å²) in [6.07, 6.45) is 3.17. The first-order chi connectivity index (χ1) is 17.8. The van der Waals surface area contributed by atoms with E-state index < -0.39 is 10.9 Å². The number of carbonyl (C=O) groups is 2. The van der Waals surface area contributed by atoms with Crippen molar-refractivity contribution < 1.29 is 19.2 Å².